The van der Waals surface area contributed by atoms with Crippen LogP contribution in [0.15, 0.2) is 42.6 Å². The number of aromatic nitrogens is 1. The van der Waals surface area contributed by atoms with E-state index in [2.05, 4.69) is 24.1 Å². The number of carbonyl (C=O) groups is 2. The molecule has 1 heterocycles. The number of rotatable bonds is 6. The standard InChI is InChI=1S/C18H22N2O3/c1-4-12(2)14-8-5-6-9-15(14)20-17(21)13(3)23-18(22)16-10-7-11-19-16/h5-13,19H,4H2,1-3H3,(H,20,21)/t12-,13+/m1/s1. The summed E-state index contributed by atoms with van der Waals surface area (Å²) in [6.07, 6.45) is 1.73. The van der Waals surface area contributed by atoms with Gasteiger partial charge < -0.3 is 15.0 Å². The number of aromatic amines is 1. The van der Waals surface area contributed by atoms with Crippen molar-refractivity contribution >= 4 is 17.6 Å². The summed E-state index contributed by atoms with van der Waals surface area (Å²) in [6.45, 7) is 5.77. The van der Waals surface area contributed by atoms with E-state index in [1.54, 1.807) is 25.3 Å². The lowest BCUT2D eigenvalue weighted by atomic mass is 9.97. The summed E-state index contributed by atoms with van der Waals surface area (Å²) >= 11 is 0. The number of carbonyl (C=O) groups excluding carboxylic acids is 2. The number of H-pyrrole nitrogens is 1. The molecule has 0 fully saturated rings. The van der Waals surface area contributed by atoms with E-state index in [-0.39, 0.29) is 5.91 Å². The minimum Gasteiger partial charge on any atom is -0.448 e. The van der Waals surface area contributed by atoms with Gasteiger partial charge in [0, 0.05) is 11.9 Å². The summed E-state index contributed by atoms with van der Waals surface area (Å²) in [5.74, 6) is -0.559. The largest absolute Gasteiger partial charge is 0.448 e. The summed E-state index contributed by atoms with van der Waals surface area (Å²) in [6, 6.07) is 11.0. The van der Waals surface area contributed by atoms with E-state index in [0.29, 0.717) is 11.6 Å². The topological polar surface area (TPSA) is 71.2 Å². The first-order valence-electron chi connectivity index (χ1n) is 7.77. The molecule has 0 aliphatic carbocycles. The monoisotopic (exact) mass is 314 g/mol. The molecule has 1 amide bonds. The molecule has 1 aromatic heterocycles. The highest BCUT2D eigenvalue weighted by Crippen LogP contribution is 2.26. The minimum absolute atomic E-state index is 0.324. The van der Waals surface area contributed by atoms with Crippen LogP contribution in [0, 0.1) is 0 Å². The molecule has 0 spiro atoms. The predicted molar refractivity (Wildman–Crippen MR) is 89.4 cm³/mol. The average molecular weight is 314 g/mol. The molecule has 0 saturated carbocycles. The van der Waals surface area contributed by atoms with E-state index in [9.17, 15) is 9.59 Å². The van der Waals surface area contributed by atoms with Crippen LogP contribution in [0.25, 0.3) is 0 Å². The maximum atomic E-state index is 12.3. The van der Waals surface area contributed by atoms with Crippen molar-refractivity contribution in [1.82, 2.24) is 4.98 Å². The Hall–Kier alpha value is -2.56. The van der Waals surface area contributed by atoms with Crippen LogP contribution in [0.3, 0.4) is 0 Å². The highest BCUT2D eigenvalue weighted by Gasteiger charge is 2.20. The SMILES string of the molecule is CC[C@@H](C)c1ccccc1NC(=O)[C@H](C)OC(=O)c1ccc[nH]1. The fourth-order valence-corrected chi connectivity index (χ4v) is 2.23. The summed E-state index contributed by atoms with van der Waals surface area (Å²) < 4.78 is 5.17. The zero-order valence-electron chi connectivity index (χ0n) is 13.6. The Labute approximate surface area is 136 Å². The van der Waals surface area contributed by atoms with Gasteiger partial charge in [0.2, 0.25) is 0 Å². The predicted octanol–water partition coefficient (Wildman–Crippen LogP) is 3.71. The molecular formula is C18H22N2O3. The molecule has 2 atom stereocenters. The van der Waals surface area contributed by atoms with Crippen molar-refractivity contribution in [2.75, 3.05) is 5.32 Å². The smallest absolute Gasteiger partial charge is 0.355 e. The highest BCUT2D eigenvalue weighted by atomic mass is 16.5. The van der Waals surface area contributed by atoms with Gasteiger partial charge in [-0.1, -0.05) is 32.0 Å². The van der Waals surface area contributed by atoms with Gasteiger partial charge >= 0.3 is 5.97 Å². The van der Waals surface area contributed by atoms with Crippen LogP contribution >= 0.6 is 0 Å². The van der Waals surface area contributed by atoms with E-state index in [0.717, 1.165) is 17.7 Å². The molecule has 2 aromatic rings. The Balaban J connectivity index is 2.03. The Morgan fingerprint density at radius 2 is 1.91 bits per heavy atom. The molecule has 0 unspecified atom stereocenters. The number of benzene rings is 1. The van der Waals surface area contributed by atoms with Crippen LogP contribution in [0.2, 0.25) is 0 Å². The van der Waals surface area contributed by atoms with Crippen molar-refractivity contribution in [1.29, 1.82) is 0 Å². The normalized spacial score (nSPS) is 13.2. The minimum atomic E-state index is -0.879. The molecule has 5 nitrogen and oxygen atoms in total. The van der Waals surface area contributed by atoms with Gasteiger partial charge in [-0.3, -0.25) is 4.79 Å². The van der Waals surface area contributed by atoms with E-state index in [1.165, 1.54) is 0 Å². The van der Waals surface area contributed by atoms with Crippen LogP contribution in [-0.2, 0) is 9.53 Å². The van der Waals surface area contributed by atoms with Crippen molar-refractivity contribution < 1.29 is 14.3 Å². The molecule has 0 radical (unpaired) electrons. The van der Waals surface area contributed by atoms with E-state index < -0.39 is 12.1 Å². The summed E-state index contributed by atoms with van der Waals surface area (Å²) in [5.41, 5.74) is 2.16. The molecule has 1 aromatic carbocycles. The summed E-state index contributed by atoms with van der Waals surface area (Å²) in [4.78, 5) is 26.9. The zero-order chi connectivity index (χ0) is 16.8. The van der Waals surface area contributed by atoms with Gasteiger partial charge in [0.05, 0.1) is 0 Å². The number of ether oxygens (including phenoxy) is 1. The lowest BCUT2D eigenvalue weighted by Gasteiger charge is -2.18. The van der Waals surface area contributed by atoms with Crippen LogP contribution in [0.4, 0.5) is 5.69 Å². The van der Waals surface area contributed by atoms with Gasteiger partial charge in [0.1, 0.15) is 5.69 Å². The second kappa shape index (κ2) is 7.63. The Kier molecular flexibility index (Phi) is 5.57. The first kappa shape index (κ1) is 16.8. The van der Waals surface area contributed by atoms with Gasteiger partial charge in [0.15, 0.2) is 6.10 Å². The molecule has 0 aliphatic rings. The Morgan fingerprint density at radius 3 is 2.57 bits per heavy atom. The third kappa shape index (κ3) is 4.22. The van der Waals surface area contributed by atoms with Crippen molar-refractivity contribution in [3.05, 3.63) is 53.9 Å². The Bertz CT molecular complexity index is 665. The number of amides is 1. The number of para-hydroxylation sites is 1. The van der Waals surface area contributed by atoms with Gasteiger partial charge in [-0.25, -0.2) is 4.79 Å². The summed E-state index contributed by atoms with van der Waals surface area (Å²) in [5, 5.41) is 2.85. The van der Waals surface area contributed by atoms with Crippen LogP contribution in [0.5, 0.6) is 0 Å². The second-order valence-electron chi connectivity index (χ2n) is 5.52. The molecule has 122 valence electrons. The number of esters is 1. The first-order valence-corrected chi connectivity index (χ1v) is 7.77. The Morgan fingerprint density at radius 1 is 1.17 bits per heavy atom. The van der Waals surface area contributed by atoms with E-state index >= 15 is 0 Å². The molecule has 0 aliphatic heterocycles. The number of hydrogen-bond donors (Lipinski definition) is 2. The molecular weight excluding hydrogens is 292 g/mol. The molecule has 23 heavy (non-hydrogen) atoms. The van der Waals surface area contributed by atoms with Crippen LogP contribution in [-0.4, -0.2) is 23.0 Å². The molecule has 0 bridgehead atoms. The van der Waals surface area contributed by atoms with Crippen LogP contribution < -0.4 is 5.32 Å². The van der Waals surface area contributed by atoms with Gasteiger partial charge in [0.25, 0.3) is 5.91 Å². The molecule has 2 rings (SSSR count). The first-order chi connectivity index (χ1) is 11.0. The second-order valence-corrected chi connectivity index (χ2v) is 5.52. The van der Waals surface area contributed by atoms with Crippen molar-refractivity contribution in [3.63, 3.8) is 0 Å². The third-order valence-electron chi connectivity index (χ3n) is 3.83. The zero-order valence-corrected chi connectivity index (χ0v) is 13.6. The number of nitrogens with one attached hydrogen (secondary N) is 2. The lowest BCUT2D eigenvalue weighted by molar-refractivity contribution is -0.123. The fourth-order valence-electron chi connectivity index (χ4n) is 2.23. The maximum absolute atomic E-state index is 12.3. The van der Waals surface area contributed by atoms with Gasteiger partial charge in [-0.2, -0.15) is 0 Å². The summed E-state index contributed by atoms with van der Waals surface area (Å²) in [7, 11) is 0. The van der Waals surface area contributed by atoms with Gasteiger partial charge in [-0.05, 0) is 43.0 Å². The third-order valence-corrected chi connectivity index (χ3v) is 3.83. The van der Waals surface area contributed by atoms with Gasteiger partial charge in [-0.15, -0.1) is 0 Å². The molecule has 2 N–H and O–H groups in total. The quantitative estimate of drug-likeness (QED) is 0.798. The van der Waals surface area contributed by atoms with Crippen molar-refractivity contribution in [3.8, 4) is 0 Å². The molecule has 5 heteroatoms. The van der Waals surface area contributed by atoms with Crippen molar-refractivity contribution in [2.45, 2.75) is 39.2 Å². The fraction of sp³-hybridized carbons (Fsp3) is 0.333. The highest BCUT2D eigenvalue weighted by molar-refractivity contribution is 5.97. The maximum Gasteiger partial charge on any atom is 0.355 e. The van der Waals surface area contributed by atoms with Crippen molar-refractivity contribution in [2.24, 2.45) is 0 Å². The van der Waals surface area contributed by atoms with E-state index in [1.807, 2.05) is 24.3 Å². The van der Waals surface area contributed by atoms with E-state index in [4.69, 9.17) is 4.74 Å². The number of anilines is 1. The average Bonchev–Trinajstić information content (AvgIpc) is 3.09. The molecule has 0 saturated heterocycles. The number of hydrogen-bond acceptors (Lipinski definition) is 3. The van der Waals surface area contributed by atoms with Crippen LogP contribution in [0.1, 0.15) is 49.2 Å². The lowest BCUT2D eigenvalue weighted by Crippen LogP contribution is -2.30.